The van der Waals surface area contributed by atoms with E-state index in [1.165, 1.54) is 0 Å². The maximum absolute atomic E-state index is 11.9. The predicted octanol–water partition coefficient (Wildman–Crippen LogP) is 3.09. The number of aromatic nitrogens is 1. The molecule has 0 aliphatic heterocycles. The molecular weight excluding hydrogens is 364 g/mol. The Morgan fingerprint density at radius 2 is 2.04 bits per heavy atom. The maximum Gasteiger partial charge on any atom is 0.310 e. The lowest BCUT2D eigenvalue weighted by atomic mass is 10.1. The lowest BCUT2D eigenvalue weighted by molar-refractivity contribution is -0.146. The van der Waals surface area contributed by atoms with Crippen molar-refractivity contribution in [1.82, 2.24) is 5.16 Å². The summed E-state index contributed by atoms with van der Waals surface area (Å²) in [7, 11) is 0. The summed E-state index contributed by atoms with van der Waals surface area (Å²) in [5.74, 6) is -0.306. The number of anilines is 1. The van der Waals surface area contributed by atoms with Gasteiger partial charge in [-0.3, -0.25) is 9.59 Å². The van der Waals surface area contributed by atoms with Crippen LogP contribution in [-0.4, -0.2) is 23.6 Å². The fraction of sp³-hybridized carbons (Fsp3) is 0.312. The summed E-state index contributed by atoms with van der Waals surface area (Å²) in [6.45, 7) is 5.02. The Morgan fingerprint density at radius 3 is 2.65 bits per heavy atom. The number of halogens is 1. The molecule has 0 atom stereocenters. The highest BCUT2D eigenvalue weighted by molar-refractivity contribution is 9.10. The number of carbonyl (C=O) groups excluding carboxylic acids is 2. The monoisotopic (exact) mass is 380 g/mol. The first-order valence-electron chi connectivity index (χ1n) is 7.00. The highest BCUT2D eigenvalue weighted by atomic mass is 79.9. The van der Waals surface area contributed by atoms with Crippen molar-refractivity contribution in [3.8, 4) is 0 Å². The molecule has 1 aromatic carbocycles. The van der Waals surface area contributed by atoms with Crippen LogP contribution in [-0.2, 0) is 20.7 Å². The molecule has 0 fully saturated rings. The van der Waals surface area contributed by atoms with Crippen molar-refractivity contribution in [3.63, 3.8) is 0 Å². The van der Waals surface area contributed by atoms with Gasteiger partial charge in [0.1, 0.15) is 5.76 Å². The molecule has 0 radical (unpaired) electrons. The summed E-state index contributed by atoms with van der Waals surface area (Å²) < 4.78 is 10.9. The number of aryl methyl sites for hydroxylation is 3. The number of hydrogen-bond donors (Lipinski definition) is 1. The summed E-state index contributed by atoms with van der Waals surface area (Å²) >= 11 is 3.36. The van der Waals surface area contributed by atoms with E-state index in [4.69, 9.17) is 9.26 Å². The molecule has 0 aliphatic rings. The van der Waals surface area contributed by atoms with Crippen molar-refractivity contribution in [2.45, 2.75) is 27.2 Å². The third kappa shape index (κ3) is 4.66. The van der Waals surface area contributed by atoms with E-state index < -0.39 is 5.97 Å². The molecule has 122 valence electrons. The molecule has 23 heavy (non-hydrogen) atoms. The van der Waals surface area contributed by atoms with Crippen LogP contribution in [0.4, 0.5) is 5.69 Å². The largest absolute Gasteiger partial charge is 0.455 e. The van der Waals surface area contributed by atoms with Crippen molar-refractivity contribution >= 4 is 33.5 Å². The molecule has 0 saturated carbocycles. The topological polar surface area (TPSA) is 81.4 Å². The van der Waals surface area contributed by atoms with Crippen molar-refractivity contribution in [1.29, 1.82) is 0 Å². The quantitative estimate of drug-likeness (QED) is 0.805. The van der Waals surface area contributed by atoms with Crippen LogP contribution in [0, 0.1) is 20.8 Å². The Bertz CT molecular complexity index is 720. The first-order chi connectivity index (χ1) is 10.9. The Morgan fingerprint density at radius 1 is 1.30 bits per heavy atom. The van der Waals surface area contributed by atoms with Gasteiger partial charge in [-0.25, -0.2) is 0 Å². The number of nitrogens with one attached hydrogen (secondary N) is 1. The molecule has 7 heteroatoms. The van der Waals surface area contributed by atoms with E-state index in [2.05, 4.69) is 26.4 Å². The number of amides is 1. The predicted molar refractivity (Wildman–Crippen MR) is 88.1 cm³/mol. The average Bonchev–Trinajstić information content (AvgIpc) is 2.80. The summed E-state index contributed by atoms with van der Waals surface area (Å²) in [6.07, 6.45) is 0.0335. The smallest absolute Gasteiger partial charge is 0.310 e. The van der Waals surface area contributed by atoms with E-state index >= 15 is 0 Å². The number of rotatable bonds is 5. The first-order valence-corrected chi connectivity index (χ1v) is 7.79. The van der Waals surface area contributed by atoms with Crippen LogP contribution in [0.1, 0.15) is 22.6 Å². The van der Waals surface area contributed by atoms with Gasteiger partial charge in [0, 0.05) is 15.7 Å². The third-order valence-electron chi connectivity index (χ3n) is 3.33. The second-order valence-corrected chi connectivity index (χ2v) is 6.06. The van der Waals surface area contributed by atoms with Gasteiger partial charge in [0.05, 0.1) is 12.1 Å². The highest BCUT2D eigenvalue weighted by Gasteiger charge is 2.15. The van der Waals surface area contributed by atoms with E-state index in [0.717, 1.165) is 10.0 Å². The number of esters is 1. The Labute approximate surface area is 142 Å². The van der Waals surface area contributed by atoms with Gasteiger partial charge in [0.15, 0.2) is 6.61 Å². The van der Waals surface area contributed by atoms with E-state index in [1.54, 1.807) is 19.9 Å². The second-order valence-electron chi connectivity index (χ2n) is 5.15. The number of hydrogen-bond acceptors (Lipinski definition) is 5. The van der Waals surface area contributed by atoms with Gasteiger partial charge in [0.2, 0.25) is 0 Å². The molecule has 2 rings (SSSR count). The molecule has 1 heterocycles. The summed E-state index contributed by atoms with van der Waals surface area (Å²) in [4.78, 5) is 23.7. The number of ether oxygens (including phenoxy) is 1. The number of nitrogens with zero attached hydrogens (tertiary/aromatic N) is 1. The maximum atomic E-state index is 11.9. The van der Waals surface area contributed by atoms with Gasteiger partial charge < -0.3 is 14.6 Å². The average molecular weight is 381 g/mol. The minimum Gasteiger partial charge on any atom is -0.455 e. The molecule has 0 bridgehead atoms. The fourth-order valence-electron chi connectivity index (χ4n) is 2.05. The molecule has 0 spiro atoms. The molecule has 1 N–H and O–H groups in total. The van der Waals surface area contributed by atoms with Crippen molar-refractivity contribution in [2.75, 3.05) is 11.9 Å². The van der Waals surface area contributed by atoms with Gasteiger partial charge in [-0.2, -0.15) is 0 Å². The van der Waals surface area contributed by atoms with Gasteiger partial charge in [-0.05, 0) is 44.5 Å². The highest BCUT2D eigenvalue weighted by Crippen LogP contribution is 2.20. The fourth-order valence-corrected chi connectivity index (χ4v) is 2.52. The molecule has 0 saturated heterocycles. The standard InChI is InChI=1S/C16H17BrN2O4/c1-9-6-12(17)4-5-14(9)18-15(20)8-22-16(21)7-13-10(2)19-23-11(13)3/h4-6H,7-8H2,1-3H3,(H,18,20). The Balaban J connectivity index is 1.85. The lowest BCUT2D eigenvalue weighted by Crippen LogP contribution is -2.22. The van der Waals surface area contributed by atoms with Crippen LogP contribution >= 0.6 is 15.9 Å². The first kappa shape index (κ1) is 17.2. The summed E-state index contributed by atoms with van der Waals surface area (Å²) in [5.41, 5.74) is 2.93. The van der Waals surface area contributed by atoms with Gasteiger partial charge in [0.25, 0.3) is 5.91 Å². The third-order valence-corrected chi connectivity index (χ3v) is 3.82. The SMILES string of the molecule is Cc1cc(Br)ccc1NC(=O)COC(=O)Cc1c(C)noc1C. The van der Waals surface area contributed by atoms with E-state index in [-0.39, 0.29) is 18.9 Å². The lowest BCUT2D eigenvalue weighted by Gasteiger charge is -2.09. The van der Waals surface area contributed by atoms with Gasteiger partial charge in [-0.15, -0.1) is 0 Å². The zero-order valence-electron chi connectivity index (χ0n) is 13.1. The van der Waals surface area contributed by atoms with Crippen LogP contribution < -0.4 is 5.32 Å². The van der Waals surface area contributed by atoms with E-state index in [9.17, 15) is 9.59 Å². The van der Waals surface area contributed by atoms with E-state index in [0.29, 0.717) is 22.7 Å². The molecule has 1 amide bonds. The minimum atomic E-state index is -0.498. The molecule has 0 unspecified atom stereocenters. The zero-order chi connectivity index (χ0) is 17.0. The van der Waals surface area contributed by atoms with Crippen LogP contribution in [0.5, 0.6) is 0 Å². The minimum absolute atomic E-state index is 0.0335. The van der Waals surface area contributed by atoms with Crippen LogP contribution in [0.15, 0.2) is 27.2 Å². The van der Waals surface area contributed by atoms with Crippen molar-refractivity contribution in [2.24, 2.45) is 0 Å². The Hall–Kier alpha value is -2.15. The Kier molecular flexibility index (Phi) is 5.54. The number of benzene rings is 1. The molecule has 0 aliphatic carbocycles. The van der Waals surface area contributed by atoms with Gasteiger partial charge in [-0.1, -0.05) is 21.1 Å². The normalized spacial score (nSPS) is 10.4. The van der Waals surface area contributed by atoms with E-state index in [1.807, 2.05) is 19.1 Å². The molecular formula is C16H17BrN2O4. The van der Waals surface area contributed by atoms with Crippen molar-refractivity contribution in [3.05, 3.63) is 45.3 Å². The van der Waals surface area contributed by atoms with Crippen molar-refractivity contribution < 1.29 is 18.8 Å². The summed E-state index contributed by atoms with van der Waals surface area (Å²) in [6, 6.07) is 5.49. The van der Waals surface area contributed by atoms with Crippen LogP contribution in [0.2, 0.25) is 0 Å². The summed E-state index contributed by atoms with van der Waals surface area (Å²) in [5, 5.41) is 6.48. The number of carbonyl (C=O) groups is 2. The van der Waals surface area contributed by atoms with Crippen LogP contribution in [0.3, 0.4) is 0 Å². The van der Waals surface area contributed by atoms with Crippen LogP contribution in [0.25, 0.3) is 0 Å². The van der Waals surface area contributed by atoms with Gasteiger partial charge >= 0.3 is 5.97 Å². The molecule has 6 nitrogen and oxygen atoms in total. The zero-order valence-corrected chi connectivity index (χ0v) is 14.7. The second kappa shape index (κ2) is 7.41. The molecule has 1 aromatic heterocycles. The molecule has 2 aromatic rings.